The average molecular weight is 238 g/mol. The first-order valence-corrected chi connectivity index (χ1v) is 7.30. The van der Waals surface area contributed by atoms with Gasteiger partial charge in [0.15, 0.2) is 0 Å². The van der Waals surface area contributed by atoms with Crippen molar-refractivity contribution in [3.05, 3.63) is 22.4 Å². The van der Waals surface area contributed by atoms with Crippen LogP contribution in [0.25, 0.3) is 0 Å². The molecule has 2 nitrogen and oxygen atoms in total. The summed E-state index contributed by atoms with van der Waals surface area (Å²) in [6, 6.07) is 2.65. The van der Waals surface area contributed by atoms with Crippen LogP contribution in [-0.4, -0.2) is 6.04 Å². The van der Waals surface area contributed by atoms with Gasteiger partial charge < -0.3 is 0 Å². The van der Waals surface area contributed by atoms with Gasteiger partial charge in [-0.15, -0.1) is 0 Å². The monoisotopic (exact) mass is 238 g/mol. The summed E-state index contributed by atoms with van der Waals surface area (Å²) in [5, 5.41) is 4.36. The first kappa shape index (κ1) is 12.1. The quantitative estimate of drug-likeness (QED) is 0.590. The highest BCUT2D eigenvalue weighted by molar-refractivity contribution is 7.07. The van der Waals surface area contributed by atoms with Crippen molar-refractivity contribution in [3.8, 4) is 0 Å². The highest BCUT2D eigenvalue weighted by atomic mass is 32.1. The number of hydrogen-bond acceptors (Lipinski definition) is 3. The van der Waals surface area contributed by atoms with Crippen molar-refractivity contribution in [2.75, 3.05) is 0 Å². The minimum Gasteiger partial charge on any atom is -0.271 e. The van der Waals surface area contributed by atoms with E-state index in [4.69, 9.17) is 5.84 Å². The van der Waals surface area contributed by atoms with Crippen molar-refractivity contribution in [1.82, 2.24) is 5.43 Å². The summed E-state index contributed by atoms with van der Waals surface area (Å²) in [5.74, 6) is 6.60. The van der Waals surface area contributed by atoms with E-state index < -0.39 is 0 Å². The highest BCUT2D eigenvalue weighted by Crippen LogP contribution is 2.29. The summed E-state index contributed by atoms with van der Waals surface area (Å²) in [5.41, 5.74) is 4.39. The van der Waals surface area contributed by atoms with E-state index >= 15 is 0 Å². The van der Waals surface area contributed by atoms with Gasteiger partial charge in [0.2, 0.25) is 0 Å². The Balaban J connectivity index is 1.72. The molecule has 0 aliphatic heterocycles. The fraction of sp³-hybridized carbons (Fsp3) is 0.692. The normalized spacial score (nSPS) is 19.1. The van der Waals surface area contributed by atoms with E-state index in [1.807, 2.05) is 0 Å². The Morgan fingerprint density at radius 3 is 2.88 bits per heavy atom. The van der Waals surface area contributed by atoms with E-state index in [0.717, 1.165) is 12.3 Å². The molecule has 0 spiro atoms. The second-order valence-corrected chi connectivity index (χ2v) is 5.71. The van der Waals surface area contributed by atoms with Gasteiger partial charge in [0, 0.05) is 6.04 Å². The standard InChI is InChI=1S/C13H22N2S/c14-15-13(9-12-7-8-16-10-12)6-5-11-3-1-2-4-11/h7-8,10-11,13,15H,1-6,9,14H2. The average Bonchev–Trinajstić information content (AvgIpc) is 2.97. The van der Waals surface area contributed by atoms with Crippen LogP contribution in [0.2, 0.25) is 0 Å². The first-order chi connectivity index (χ1) is 7.88. The van der Waals surface area contributed by atoms with Crippen LogP contribution in [0.5, 0.6) is 0 Å². The molecule has 2 rings (SSSR count). The lowest BCUT2D eigenvalue weighted by molar-refractivity contribution is 0.407. The molecule has 16 heavy (non-hydrogen) atoms. The zero-order chi connectivity index (χ0) is 11.2. The van der Waals surface area contributed by atoms with Gasteiger partial charge in [0.25, 0.3) is 0 Å². The largest absolute Gasteiger partial charge is 0.271 e. The molecular weight excluding hydrogens is 216 g/mol. The molecule has 1 aliphatic rings. The molecule has 1 heterocycles. The van der Waals surface area contributed by atoms with Crippen LogP contribution in [0, 0.1) is 5.92 Å². The molecule has 0 amide bonds. The molecule has 90 valence electrons. The van der Waals surface area contributed by atoms with Gasteiger partial charge in [-0.1, -0.05) is 25.7 Å². The lowest BCUT2D eigenvalue weighted by atomic mass is 9.96. The van der Waals surface area contributed by atoms with Crippen LogP contribution in [0.3, 0.4) is 0 Å². The third kappa shape index (κ3) is 3.58. The molecule has 1 aromatic rings. The summed E-state index contributed by atoms with van der Waals surface area (Å²) in [6.45, 7) is 0. The number of nitrogens with two attached hydrogens (primary N) is 1. The summed E-state index contributed by atoms with van der Waals surface area (Å²) in [4.78, 5) is 0. The summed E-state index contributed by atoms with van der Waals surface area (Å²) >= 11 is 1.77. The van der Waals surface area contributed by atoms with Crippen LogP contribution < -0.4 is 11.3 Å². The first-order valence-electron chi connectivity index (χ1n) is 6.35. The van der Waals surface area contributed by atoms with Crippen molar-refractivity contribution >= 4 is 11.3 Å². The molecule has 1 fully saturated rings. The summed E-state index contributed by atoms with van der Waals surface area (Å²) < 4.78 is 0. The second-order valence-electron chi connectivity index (χ2n) is 4.93. The van der Waals surface area contributed by atoms with E-state index in [9.17, 15) is 0 Å². The van der Waals surface area contributed by atoms with Gasteiger partial charge in [-0.3, -0.25) is 11.3 Å². The third-order valence-electron chi connectivity index (χ3n) is 3.70. The number of hydrazine groups is 1. The van der Waals surface area contributed by atoms with E-state index in [2.05, 4.69) is 22.3 Å². The molecule has 0 saturated heterocycles. The minimum absolute atomic E-state index is 0.454. The van der Waals surface area contributed by atoms with E-state index in [1.54, 1.807) is 11.3 Å². The van der Waals surface area contributed by atoms with Crippen LogP contribution in [0.4, 0.5) is 0 Å². The van der Waals surface area contributed by atoms with E-state index in [-0.39, 0.29) is 0 Å². The Labute approximate surface area is 102 Å². The molecular formula is C13H22N2S. The molecule has 3 N–H and O–H groups in total. The van der Waals surface area contributed by atoms with Gasteiger partial charge in [0.1, 0.15) is 0 Å². The lowest BCUT2D eigenvalue weighted by Crippen LogP contribution is -2.36. The van der Waals surface area contributed by atoms with Crippen molar-refractivity contribution < 1.29 is 0 Å². The molecule has 1 unspecified atom stereocenters. The van der Waals surface area contributed by atoms with E-state index in [0.29, 0.717) is 6.04 Å². The van der Waals surface area contributed by atoms with Gasteiger partial charge in [-0.25, -0.2) is 0 Å². The minimum atomic E-state index is 0.454. The lowest BCUT2D eigenvalue weighted by Gasteiger charge is -2.17. The number of hydrogen-bond donors (Lipinski definition) is 2. The predicted octanol–water partition coefficient (Wildman–Crippen LogP) is 3.09. The van der Waals surface area contributed by atoms with Crippen LogP contribution in [0.1, 0.15) is 44.1 Å². The Morgan fingerprint density at radius 1 is 1.44 bits per heavy atom. The maximum atomic E-state index is 5.63. The molecule has 1 atom stereocenters. The number of rotatable bonds is 6. The molecule has 0 bridgehead atoms. The zero-order valence-corrected chi connectivity index (χ0v) is 10.6. The van der Waals surface area contributed by atoms with Gasteiger partial charge >= 0.3 is 0 Å². The Kier molecular flexibility index (Phi) is 4.82. The van der Waals surface area contributed by atoms with Crippen LogP contribution in [0.15, 0.2) is 16.8 Å². The molecule has 3 heteroatoms. The van der Waals surface area contributed by atoms with Gasteiger partial charge in [-0.2, -0.15) is 11.3 Å². The third-order valence-corrected chi connectivity index (χ3v) is 4.43. The van der Waals surface area contributed by atoms with Crippen molar-refractivity contribution in [2.45, 2.75) is 51.0 Å². The van der Waals surface area contributed by atoms with Crippen molar-refractivity contribution in [3.63, 3.8) is 0 Å². The number of thiophene rings is 1. The zero-order valence-electron chi connectivity index (χ0n) is 9.82. The highest BCUT2D eigenvalue weighted by Gasteiger charge is 2.17. The van der Waals surface area contributed by atoms with Gasteiger partial charge in [0.05, 0.1) is 0 Å². The Bertz CT molecular complexity index is 278. The molecule has 1 aromatic heterocycles. The Morgan fingerprint density at radius 2 is 2.25 bits per heavy atom. The molecule has 0 aromatic carbocycles. The topological polar surface area (TPSA) is 38.0 Å². The summed E-state index contributed by atoms with van der Waals surface area (Å²) in [6.07, 6.45) is 9.40. The number of nitrogens with one attached hydrogen (secondary N) is 1. The molecule has 1 aliphatic carbocycles. The smallest absolute Gasteiger partial charge is 0.0251 e. The van der Waals surface area contributed by atoms with E-state index in [1.165, 1.54) is 44.1 Å². The van der Waals surface area contributed by atoms with Crippen molar-refractivity contribution in [1.29, 1.82) is 0 Å². The van der Waals surface area contributed by atoms with Crippen LogP contribution >= 0.6 is 11.3 Å². The molecule has 0 radical (unpaired) electrons. The fourth-order valence-electron chi connectivity index (χ4n) is 2.67. The van der Waals surface area contributed by atoms with Crippen LogP contribution in [-0.2, 0) is 6.42 Å². The van der Waals surface area contributed by atoms with Gasteiger partial charge in [-0.05, 0) is 47.6 Å². The molecule has 1 saturated carbocycles. The Hall–Kier alpha value is -0.380. The summed E-state index contributed by atoms with van der Waals surface area (Å²) in [7, 11) is 0. The maximum absolute atomic E-state index is 5.63. The SMILES string of the molecule is NNC(CCC1CCCC1)Cc1ccsc1. The van der Waals surface area contributed by atoms with Crippen molar-refractivity contribution in [2.24, 2.45) is 11.8 Å². The maximum Gasteiger partial charge on any atom is 0.0251 e. The second kappa shape index (κ2) is 6.38. The predicted molar refractivity (Wildman–Crippen MR) is 70.3 cm³/mol. The fourth-order valence-corrected chi connectivity index (χ4v) is 3.36.